The smallest absolute Gasteiger partial charge is 0.226 e. The zero-order valence-electron chi connectivity index (χ0n) is 13.9. The van der Waals surface area contributed by atoms with Crippen LogP contribution in [0.3, 0.4) is 0 Å². The largest absolute Gasteiger partial charge is 0.495 e. The zero-order valence-corrected chi connectivity index (χ0v) is 13.9. The van der Waals surface area contributed by atoms with E-state index in [1.54, 1.807) is 36.5 Å². The third-order valence-electron chi connectivity index (χ3n) is 3.56. The quantitative estimate of drug-likeness (QED) is 0.848. The Morgan fingerprint density at radius 2 is 1.88 bits per heavy atom. The summed E-state index contributed by atoms with van der Waals surface area (Å²) in [5, 5.41) is 2.81. The fourth-order valence-corrected chi connectivity index (χ4v) is 2.25. The molecule has 2 rings (SSSR count). The van der Waals surface area contributed by atoms with Gasteiger partial charge >= 0.3 is 0 Å². The van der Waals surface area contributed by atoms with Gasteiger partial charge in [-0.25, -0.2) is 0 Å². The van der Waals surface area contributed by atoms with Gasteiger partial charge in [0, 0.05) is 38.8 Å². The Balaban J connectivity index is 1.91. The van der Waals surface area contributed by atoms with E-state index in [1.165, 1.54) is 6.92 Å². The molecule has 0 atom stereocenters. The van der Waals surface area contributed by atoms with Crippen LogP contribution >= 0.6 is 0 Å². The number of carbonyl (C=O) groups is 2. The van der Waals surface area contributed by atoms with E-state index in [-0.39, 0.29) is 18.2 Å². The summed E-state index contributed by atoms with van der Waals surface area (Å²) >= 11 is 0. The van der Waals surface area contributed by atoms with Gasteiger partial charge in [-0.15, -0.1) is 0 Å². The molecule has 1 aromatic heterocycles. The number of pyridine rings is 1. The molecular weight excluding hydrogens is 306 g/mol. The van der Waals surface area contributed by atoms with Crippen molar-refractivity contribution >= 4 is 17.5 Å². The van der Waals surface area contributed by atoms with Gasteiger partial charge in [-0.2, -0.15) is 0 Å². The molecule has 1 heterocycles. The zero-order chi connectivity index (χ0) is 17.4. The SMILES string of the molecule is COc1ccccc1NC(=O)CCN(Cc1ccncc1)C(C)=O. The number of aromatic nitrogens is 1. The Morgan fingerprint density at radius 1 is 1.17 bits per heavy atom. The third kappa shape index (κ3) is 5.08. The van der Waals surface area contributed by atoms with Gasteiger partial charge < -0.3 is 15.0 Å². The Labute approximate surface area is 141 Å². The average molecular weight is 327 g/mol. The molecule has 1 N–H and O–H groups in total. The van der Waals surface area contributed by atoms with Crippen LogP contribution in [0.4, 0.5) is 5.69 Å². The maximum absolute atomic E-state index is 12.1. The molecule has 2 aromatic rings. The van der Waals surface area contributed by atoms with Crippen LogP contribution in [-0.4, -0.2) is 35.4 Å². The first-order valence-corrected chi connectivity index (χ1v) is 7.67. The molecular formula is C18H21N3O3. The molecule has 0 saturated carbocycles. The molecule has 6 heteroatoms. The number of methoxy groups -OCH3 is 1. The molecule has 0 fully saturated rings. The summed E-state index contributed by atoms with van der Waals surface area (Å²) in [6.45, 7) is 2.30. The lowest BCUT2D eigenvalue weighted by Gasteiger charge is -2.21. The van der Waals surface area contributed by atoms with Crippen molar-refractivity contribution in [2.45, 2.75) is 19.9 Å². The molecule has 0 spiro atoms. The van der Waals surface area contributed by atoms with Crippen LogP contribution in [0, 0.1) is 0 Å². The highest BCUT2D eigenvalue weighted by molar-refractivity contribution is 5.92. The van der Waals surface area contributed by atoms with Gasteiger partial charge in [-0.05, 0) is 29.8 Å². The monoisotopic (exact) mass is 327 g/mol. The molecule has 0 unspecified atom stereocenters. The highest BCUT2D eigenvalue weighted by Gasteiger charge is 2.13. The van der Waals surface area contributed by atoms with Crippen molar-refractivity contribution < 1.29 is 14.3 Å². The van der Waals surface area contributed by atoms with E-state index in [4.69, 9.17) is 4.74 Å². The first-order valence-electron chi connectivity index (χ1n) is 7.67. The lowest BCUT2D eigenvalue weighted by molar-refractivity contribution is -0.129. The second kappa shape index (κ2) is 8.67. The first kappa shape index (κ1) is 17.5. The number of anilines is 1. The van der Waals surface area contributed by atoms with Gasteiger partial charge in [0.05, 0.1) is 12.8 Å². The Morgan fingerprint density at radius 3 is 2.54 bits per heavy atom. The second-order valence-electron chi connectivity index (χ2n) is 5.29. The molecule has 2 amide bonds. The average Bonchev–Trinajstić information content (AvgIpc) is 2.59. The number of ether oxygens (including phenoxy) is 1. The summed E-state index contributed by atoms with van der Waals surface area (Å²) in [6.07, 6.45) is 3.58. The van der Waals surface area contributed by atoms with E-state index in [2.05, 4.69) is 10.3 Å². The summed E-state index contributed by atoms with van der Waals surface area (Å²) in [5.74, 6) is 0.364. The lowest BCUT2D eigenvalue weighted by Crippen LogP contribution is -2.31. The molecule has 126 valence electrons. The maximum Gasteiger partial charge on any atom is 0.226 e. The standard InChI is InChI=1S/C18H21N3O3/c1-14(22)21(13-15-7-10-19-11-8-15)12-9-18(23)20-16-5-3-4-6-17(16)24-2/h3-8,10-11H,9,12-13H2,1-2H3,(H,20,23). The topological polar surface area (TPSA) is 71.5 Å². The first-order chi connectivity index (χ1) is 11.6. The molecule has 0 aliphatic carbocycles. The second-order valence-corrected chi connectivity index (χ2v) is 5.29. The maximum atomic E-state index is 12.1. The van der Waals surface area contributed by atoms with Crippen molar-refractivity contribution in [3.05, 3.63) is 54.4 Å². The minimum atomic E-state index is -0.166. The van der Waals surface area contributed by atoms with E-state index in [9.17, 15) is 9.59 Å². The Kier molecular flexibility index (Phi) is 6.31. The fraction of sp³-hybridized carbons (Fsp3) is 0.278. The van der Waals surface area contributed by atoms with E-state index in [1.807, 2.05) is 24.3 Å². The minimum Gasteiger partial charge on any atom is -0.495 e. The van der Waals surface area contributed by atoms with Crippen LogP contribution in [0.5, 0.6) is 5.75 Å². The molecule has 24 heavy (non-hydrogen) atoms. The van der Waals surface area contributed by atoms with Gasteiger partial charge in [-0.3, -0.25) is 14.6 Å². The minimum absolute atomic E-state index is 0.0723. The Bertz CT molecular complexity index is 689. The van der Waals surface area contributed by atoms with Gasteiger partial charge in [0.2, 0.25) is 11.8 Å². The number of rotatable bonds is 7. The van der Waals surface area contributed by atoms with E-state index >= 15 is 0 Å². The van der Waals surface area contributed by atoms with Crippen molar-refractivity contribution in [2.24, 2.45) is 0 Å². The highest BCUT2D eigenvalue weighted by Crippen LogP contribution is 2.23. The van der Waals surface area contributed by atoms with Crippen molar-refractivity contribution in [1.82, 2.24) is 9.88 Å². The summed E-state index contributed by atoms with van der Waals surface area (Å²) in [4.78, 5) is 29.5. The molecule has 1 aromatic carbocycles. The number of benzene rings is 1. The summed E-state index contributed by atoms with van der Waals surface area (Å²) in [7, 11) is 1.55. The number of carbonyl (C=O) groups excluding carboxylic acids is 2. The molecule has 6 nitrogen and oxygen atoms in total. The van der Waals surface area contributed by atoms with Crippen molar-refractivity contribution in [3.8, 4) is 5.75 Å². The normalized spacial score (nSPS) is 10.1. The van der Waals surface area contributed by atoms with Crippen molar-refractivity contribution in [1.29, 1.82) is 0 Å². The molecule has 0 aliphatic rings. The van der Waals surface area contributed by atoms with Crippen LogP contribution in [-0.2, 0) is 16.1 Å². The number of hydrogen-bond donors (Lipinski definition) is 1. The van der Waals surface area contributed by atoms with Gasteiger partial charge in [-0.1, -0.05) is 12.1 Å². The van der Waals surface area contributed by atoms with Crippen LogP contribution in [0.25, 0.3) is 0 Å². The number of hydrogen-bond acceptors (Lipinski definition) is 4. The van der Waals surface area contributed by atoms with Gasteiger partial charge in [0.1, 0.15) is 5.75 Å². The molecule has 0 aliphatic heterocycles. The number of amides is 2. The van der Waals surface area contributed by atoms with Gasteiger partial charge in [0.25, 0.3) is 0 Å². The summed E-state index contributed by atoms with van der Waals surface area (Å²) < 4.78 is 5.20. The Hall–Kier alpha value is -2.89. The molecule has 0 bridgehead atoms. The lowest BCUT2D eigenvalue weighted by atomic mass is 10.2. The van der Waals surface area contributed by atoms with E-state index < -0.39 is 0 Å². The number of para-hydroxylation sites is 2. The van der Waals surface area contributed by atoms with E-state index in [0.29, 0.717) is 24.5 Å². The molecule has 0 radical (unpaired) electrons. The van der Waals surface area contributed by atoms with Crippen LogP contribution in [0.1, 0.15) is 18.9 Å². The fourth-order valence-electron chi connectivity index (χ4n) is 2.25. The number of nitrogens with zero attached hydrogens (tertiary/aromatic N) is 2. The van der Waals surface area contributed by atoms with Crippen LogP contribution in [0.15, 0.2) is 48.8 Å². The third-order valence-corrected chi connectivity index (χ3v) is 3.56. The summed E-state index contributed by atoms with van der Waals surface area (Å²) in [5.41, 5.74) is 1.60. The predicted molar refractivity (Wildman–Crippen MR) is 91.6 cm³/mol. The van der Waals surface area contributed by atoms with Crippen LogP contribution < -0.4 is 10.1 Å². The van der Waals surface area contributed by atoms with Crippen LogP contribution in [0.2, 0.25) is 0 Å². The summed E-state index contributed by atoms with van der Waals surface area (Å²) in [6, 6.07) is 10.9. The van der Waals surface area contributed by atoms with Gasteiger partial charge in [0.15, 0.2) is 0 Å². The van der Waals surface area contributed by atoms with Crippen molar-refractivity contribution in [2.75, 3.05) is 19.0 Å². The van der Waals surface area contributed by atoms with E-state index in [0.717, 1.165) is 5.56 Å². The predicted octanol–water partition coefficient (Wildman–Crippen LogP) is 2.47. The highest BCUT2D eigenvalue weighted by atomic mass is 16.5. The molecule has 0 saturated heterocycles. The number of nitrogens with one attached hydrogen (secondary N) is 1. The van der Waals surface area contributed by atoms with Crippen molar-refractivity contribution in [3.63, 3.8) is 0 Å².